The minimum absolute atomic E-state index is 0.221. The zero-order chi connectivity index (χ0) is 11.5. The van der Waals surface area contributed by atoms with Crippen LogP contribution in [0.25, 0.3) is 0 Å². The van der Waals surface area contributed by atoms with Crippen LogP contribution in [0.3, 0.4) is 0 Å². The molecule has 6 heteroatoms. The van der Waals surface area contributed by atoms with Crippen LogP contribution in [0.2, 0.25) is 0 Å². The first kappa shape index (κ1) is 13.1. The van der Waals surface area contributed by atoms with Crippen LogP contribution in [0, 0.1) is 0 Å². The van der Waals surface area contributed by atoms with Gasteiger partial charge in [-0.05, 0) is 13.8 Å². The second-order valence-corrected chi connectivity index (χ2v) is 5.27. The van der Waals surface area contributed by atoms with Crippen molar-refractivity contribution in [2.75, 3.05) is 12.8 Å². The third kappa shape index (κ3) is 3.47. The molecule has 1 atom stereocenters. The molecule has 0 aliphatic heterocycles. The molecular formula is C8H15NO4S. The van der Waals surface area contributed by atoms with Crippen molar-refractivity contribution in [2.24, 2.45) is 0 Å². The Kier molecular flexibility index (Phi) is 4.28. The maximum Gasteiger partial charge on any atom is 0.321 e. The van der Waals surface area contributed by atoms with E-state index in [9.17, 15) is 13.2 Å². The monoisotopic (exact) mass is 221 g/mol. The summed E-state index contributed by atoms with van der Waals surface area (Å²) in [6, 6.07) is -1.06. The lowest BCUT2D eigenvalue weighted by atomic mass is 10.4. The highest BCUT2D eigenvalue weighted by Gasteiger charge is 2.27. The van der Waals surface area contributed by atoms with E-state index in [1.165, 1.54) is 14.0 Å². The Balaban J connectivity index is 4.76. The van der Waals surface area contributed by atoms with Crippen molar-refractivity contribution < 1.29 is 18.3 Å². The van der Waals surface area contributed by atoms with Crippen LogP contribution in [-0.2, 0) is 14.8 Å². The number of aliphatic carboxylic acids is 1. The number of hydrogen-bond donors (Lipinski definition) is 1. The van der Waals surface area contributed by atoms with Gasteiger partial charge in [0.15, 0.2) is 0 Å². The van der Waals surface area contributed by atoms with Gasteiger partial charge in [0, 0.05) is 7.05 Å². The van der Waals surface area contributed by atoms with Crippen LogP contribution in [0.5, 0.6) is 0 Å². The average molecular weight is 221 g/mol. The lowest BCUT2D eigenvalue weighted by Crippen LogP contribution is -2.41. The van der Waals surface area contributed by atoms with E-state index in [4.69, 9.17) is 5.11 Å². The minimum Gasteiger partial charge on any atom is -0.480 e. The second-order valence-electron chi connectivity index (χ2n) is 3.24. The highest BCUT2D eigenvalue weighted by molar-refractivity contribution is 7.89. The quantitative estimate of drug-likeness (QED) is 0.677. The van der Waals surface area contributed by atoms with Crippen LogP contribution < -0.4 is 0 Å². The van der Waals surface area contributed by atoms with Crippen LogP contribution in [0.1, 0.15) is 13.8 Å². The summed E-state index contributed by atoms with van der Waals surface area (Å²) in [6.07, 6.45) is 0. The van der Waals surface area contributed by atoms with Crippen molar-refractivity contribution in [2.45, 2.75) is 19.9 Å². The number of carbonyl (C=O) groups is 1. The van der Waals surface area contributed by atoms with Crippen LogP contribution in [0.4, 0.5) is 0 Å². The molecule has 0 saturated heterocycles. The average Bonchev–Trinajstić information content (AvgIpc) is 1.99. The summed E-state index contributed by atoms with van der Waals surface area (Å²) in [6.45, 7) is 6.37. The SMILES string of the molecule is C=C(C)CS(=O)(=O)N(C)C(C)C(=O)O. The molecule has 5 nitrogen and oxygen atoms in total. The van der Waals surface area contributed by atoms with Crippen molar-refractivity contribution in [3.63, 3.8) is 0 Å². The van der Waals surface area contributed by atoms with E-state index in [0.29, 0.717) is 5.57 Å². The Morgan fingerprint density at radius 3 is 2.29 bits per heavy atom. The summed E-state index contributed by atoms with van der Waals surface area (Å²) in [7, 11) is -2.30. The summed E-state index contributed by atoms with van der Waals surface area (Å²) in [5, 5.41) is 8.62. The van der Waals surface area contributed by atoms with Crippen LogP contribution in [0.15, 0.2) is 12.2 Å². The zero-order valence-electron chi connectivity index (χ0n) is 8.52. The maximum absolute atomic E-state index is 11.5. The molecule has 0 aliphatic rings. The van der Waals surface area contributed by atoms with Crippen molar-refractivity contribution in [3.8, 4) is 0 Å². The first-order valence-corrected chi connectivity index (χ1v) is 5.62. The van der Waals surface area contributed by atoms with Crippen molar-refractivity contribution in [3.05, 3.63) is 12.2 Å². The summed E-state index contributed by atoms with van der Waals surface area (Å²) in [4.78, 5) is 10.5. The molecule has 0 radical (unpaired) electrons. The molecule has 0 aliphatic carbocycles. The van der Waals surface area contributed by atoms with Gasteiger partial charge in [-0.2, -0.15) is 4.31 Å². The van der Waals surface area contributed by atoms with Gasteiger partial charge in [-0.1, -0.05) is 12.2 Å². The predicted octanol–water partition coefficient (Wildman–Crippen LogP) is 0.297. The van der Waals surface area contributed by atoms with Gasteiger partial charge in [0.1, 0.15) is 6.04 Å². The third-order valence-electron chi connectivity index (χ3n) is 1.77. The molecule has 1 unspecified atom stereocenters. The van der Waals surface area contributed by atoms with Crippen molar-refractivity contribution in [1.82, 2.24) is 4.31 Å². The lowest BCUT2D eigenvalue weighted by Gasteiger charge is -2.20. The largest absolute Gasteiger partial charge is 0.480 e. The number of carboxylic acids is 1. The fourth-order valence-electron chi connectivity index (χ4n) is 0.810. The van der Waals surface area contributed by atoms with Gasteiger partial charge in [0.05, 0.1) is 5.75 Å². The Morgan fingerprint density at radius 2 is 2.00 bits per heavy atom. The van der Waals surface area contributed by atoms with E-state index < -0.39 is 22.0 Å². The standard InChI is InChI=1S/C8H15NO4S/c1-6(2)5-14(12,13)9(4)7(3)8(10)11/h7H,1,5H2,2-4H3,(H,10,11). The molecule has 0 aromatic carbocycles. The Morgan fingerprint density at radius 1 is 1.57 bits per heavy atom. The zero-order valence-corrected chi connectivity index (χ0v) is 9.34. The van der Waals surface area contributed by atoms with Gasteiger partial charge in [-0.15, -0.1) is 0 Å². The van der Waals surface area contributed by atoms with Crippen molar-refractivity contribution >= 4 is 16.0 Å². The fourth-order valence-corrected chi connectivity index (χ4v) is 2.21. The van der Waals surface area contributed by atoms with Crippen molar-refractivity contribution in [1.29, 1.82) is 0 Å². The highest BCUT2D eigenvalue weighted by Crippen LogP contribution is 2.07. The summed E-state index contributed by atoms with van der Waals surface area (Å²) in [5.41, 5.74) is 0.481. The maximum atomic E-state index is 11.5. The summed E-state index contributed by atoms with van der Waals surface area (Å²) >= 11 is 0. The molecule has 1 N–H and O–H groups in total. The van der Waals surface area contributed by atoms with Gasteiger partial charge >= 0.3 is 5.97 Å². The minimum atomic E-state index is -3.55. The molecule has 0 saturated carbocycles. The molecule has 14 heavy (non-hydrogen) atoms. The van der Waals surface area contributed by atoms with Gasteiger partial charge in [-0.3, -0.25) is 4.79 Å². The molecule has 0 amide bonds. The summed E-state index contributed by atoms with van der Waals surface area (Å²) in [5.74, 6) is -1.39. The molecule has 0 aromatic heterocycles. The fraction of sp³-hybridized carbons (Fsp3) is 0.625. The first-order valence-electron chi connectivity index (χ1n) is 4.01. The Hall–Kier alpha value is -0.880. The first-order chi connectivity index (χ1) is 6.18. The van der Waals surface area contributed by atoms with Crippen LogP contribution >= 0.6 is 0 Å². The molecule has 82 valence electrons. The summed E-state index contributed by atoms with van der Waals surface area (Å²) < 4.78 is 23.8. The number of likely N-dealkylation sites (N-methyl/N-ethyl adjacent to an activating group) is 1. The number of hydrogen-bond acceptors (Lipinski definition) is 3. The molecule has 0 rings (SSSR count). The van der Waals surface area contributed by atoms with E-state index in [1.54, 1.807) is 6.92 Å². The topological polar surface area (TPSA) is 74.7 Å². The second kappa shape index (κ2) is 4.56. The number of carboxylic acid groups (broad SMARTS) is 1. The molecule has 0 spiro atoms. The van der Waals surface area contributed by atoms with E-state index >= 15 is 0 Å². The van der Waals surface area contributed by atoms with E-state index in [0.717, 1.165) is 4.31 Å². The number of nitrogens with zero attached hydrogens (tertiary/aromatic N) is 1. The molecule has 0 fully saturated rings. The highest BCUT2D eigenvalue weighted by atomic mass is 32.2. The van der Waals surface area contributed by atoms with Gasteiger partial charge in [-0.25, -0.2) is 8.42 Å². The Labute approximate surface area is 84.1 Å². The normalized spacial score (nSPS) is 14.0. The van der Waals surface area contributed by atoms with Crippen LogP contribution in [-0.4, -0.2) is 42.6 Å². The van der Waals surface area contributed by atoms with E-state index in [2.05, 4.69) is 6.58 Å². The van der Waals surface area contributed by atoms with E-state index in [1.807, 2.05) is 0 Å². The molecular weight excluding hydrogens is 206 g/mol. The van der Waals surface area contributed by atoms with Gasteiger partial charge in [0.25, 0.3) is 0 Å². The molecule has 0 aromatic rings. The Bertz CT molecular complexity index is 333. The van der Waals surface area contributed by atoms with E-state index in [-0.39, 0.29) is 5.75 Å². The smallest absolute Gasteiger partial charge is 0.321 e. The predicted molar refractivity (Wildman–Crippen MR) is 53.5 cm³/mol. The van der Waals surface area contributed by atoms with Gasteiger partial charge in [0.2, 0.25) is 10.0 Å². The number of rotatable bonds is 5. The molecule has 0 heterocycles. The number of sulfonamides is 1. The lowest BCUT2D eigenvalue weighted by molar-refractivity contribution is -0.140. The van der Waals surface area contributed by atoms with Gasteiger partial charge < -0.3 is 5.11 Å². The third-order valence-corrected chi connectivity index (χ3v) is 3.82. The molecule has 0 bridgehead atoms.